The smallest absolute Gasteiger partial charge is 0.321 e. The van der Waals surface area contributed by atoms with Crippen molar-refractivity contribution in [3.63, 3.8) is 0 Å². The van der Waals surface area contributed by atoms with Crippen molar-refractivity contribution in [2.75, 3.05) is 39.0 Å². The van der Waals surface area contributed by atoms with E-state index in [4.69, 9.17) is 4.42 Å². The summed E-state index contributed by atoms with van der Waals surface area (Å²) in [5.41, 5.74) is 2.25. The first kappa shape index (κ1) is 14.8. The van der Waals surface area contributed by atoms with Crippen LogP contribution in [0.4, 0.5) is 10.5 Å². The first-order valence-electron chi connectivity index (χ1n) is 7.59. The lowest BCUT2D eigenvalue weighted by atomic mass is 10.1. The molecular formula is C16H22N4O2. The average Bonchev–Trinajstić information content (AvgIpc) is 3.03. The summed E-state index contributed by atoms with van der Waals surface area (Å²) in [6.07, 6.45) is 1.06. The van der Waals surface area contributed by atoms with Crippen molar-refractivity contribution in [1.82, 2.24) is 14.8 Å². The third kappa shape index (κ3) is 3.22. The minimum Gasteiger partial charge on any atom is -0.441 e. The summed E-state index contributed by atoms with van der Waals surface area (Å²) < 4.78 is 5.49. The largest absolute Gasteiger partial charge is 0.441 e. The van der Waals surface area contributed by atoms with Gasteiger partial charge in [0.25, 0.3) is 0 Å². The molecule has 2 amide bonds. The molecule has 0 radical (unpaired) electrons. The second-order valence-electron chi connectivity index (χ2n) is 6.21. The number of fused-ring (bicyclic) bond motifs is 1. The number of amides is 2. The Kier molecular flexibility index (Phi) is 4.02. The Morgan fingerprint density at radius 3 is 3.09 bits per heavy atom. The lowest BCUT2D eigenvalue weighted by Crippen LogP contribution is -2.34. The number of anilines is 1. The second kappa shape index (κ2) is 5.96. The first-order chi connectivity index (χ1) is 10.5. The molecule has 1 N–H and O–H groups in total. The quantitative estimate of drug-likeness (QED) is 0.946. The van der Waals surface area contributed by atoms with Crippen LogP contribution in [0.3, 0.4) is 0 Å². The van der Waals surface area contributed by atoms with Crippen LogP contribution in [-0.2, 0) is 0 Å². The number of aromatic nitrogens is 1. The molecule has 0 aliphatic carbocycles. The number of nitrogens with one attached hydrogen (secondary N) is 1. The monoisotopic (exact) mass is 302 g/mol. The van der Waals surface area contributed by atoms with E-state index in [9.17, 15) is 4.79 Å². The van der Waals surface area contributed by atoms with Crippen LogP contribution >= 0.6 is 0 Å². The molecule has 0 saturated carbocycles. The molecule has 1 atom stereocenters. The number of aryl methyl sites for hydroxylation is 1. The predicted molar refractivity (Wildman–Crippen MR) is 86.0 cm³/mol. The molecule has 1 aromatic carbocycles. The summed E-state index contributed by atoms with van der Waals surface area (Å²) in [6, 6.07) is 5.49. The van der Waals surface area contributed by atoms with Gasteiger partial charge in [0.15, 0.2) is 11.5 Å². The zero-order valence-electron chi connectivity index (χ0n) is 13.3. The summed E-state index contributed by atoms with van der Waals surface area (Å²) in [5.74, 6) is 1.18. The highest BCUT2D eigenvalue weighted by molar-refractivity contribution is 5.91. The molecule has 0 spiro atoms. The van der Waals surface area contributed by atoms with E-state index in [0.717, 1.165) is 37.3 Å². The highest BCUT2D eigenvalue weighted by atomic mass is 16.3. The Morgan fingerprint density at radius 1 is 1.50 bits per heavy atom. The van der Waals surface area contributed by atoms with Crippen LogP contribution in [0.1, 0.15) is 12.3 Å². The molecule has 1 aromatic heterocycles. The summed E-state index contributed by atoms with van der Waals surface area (Å²) >= 11 is 0. The molecule has 0 bridgehead atoms. The summed E-state index contributed by atoms with van der Waals surface area (Å²) in [5, 5.41) is 2.94. The van der Waals surface area contributed by atoms with E-state index in [-0.39, 0.29) is 6.03 Å². The van der Waals surface area contributed by atoms with Crippen LogP contribution in [0.25, 0.3) is 11.1 Å². The molecule has 1 saturated heterocycles. The van der Waals surface area contributed by atoms with Gasteiger partial charge in [-0.3, -0.25) is 0 Å². The normalized spacial score (nSPS) is 18.4. The van der Waals surface area contributed by atoms with Crippen LogP contribution in [0, 0.1) is 12.8 Å². The highest BCUT2D eigenvalue weighted by Gasteiger charge is 2.26. The molecule has 2 aromatic rings. The molecule has 1 aliphatic rings. The van der Waals surface area contributed by atoms with E-state index in [1.165, 1.54) is 0 Å². The Bertz CT molecular complexity index is 680. The lowest BCUT2D eigenvalue weighted by molar-refractivity contribution is 0.219. The number of nitrogens with zero attached hydrogens (tertiary/aromatic N) is 3. The number of benzene rings is 1. The van der Waals surface area contributed by atoms with Crippen LogP contribution in [0.5, 0.6) is 0 Å². The molecule has 118 valence electrons. The minimum atomic E-state index is -0.0446. The molecule has 6 heteroatoms. The second-order valence-corrected chi connectivity index (χ2v) is 6.21. The summed E-state index contributed by atoms with van der Waals surface area (Å²) in [6.45, 7) is 4.46. The van der Waals surface area contributed by atoms with Gasteiger partial charge < -0.3 is 19.5 Å². The van der Waals surface area contributed by atoms with Gasteiger partial charge in [-0.25, -0.2) is 9.78 Å². The summed E-state index contributed by atoms with van der Waals surface area (Å²) in [4.78, 5) is 20.6. The third-order valence-electron chi connectivity index (χ3n) is 3.94. The molecule has 22 heavy (non-hydrogen) atoms. The van der Waals surface area contributed by atoms with Crippen LogP contribution in [-0.4, -0.2) is 54.5 Å². The van der Waals surface area contributed by atoms with Gasteiger partial charge in [-0.05, 0) is 38.6 Å². The van der Waals surface area contributed by atoms with Crippen molar-refractivity contribution >= 4 is 22.8 Å². The first-order valence-corrected chi connectivity index (χ1v) is 7.59. The molecule has 2 heterocycles. The van der Waals surface area contributed by atoms with Crippen LogP contribution in [0.2, 0.25) is 0 Å². The number of rotatable bonds is 3. The van der Waals surface area contributed by atoms with Gasteiger partial charge in [0.05, 0.1) is 0 Å². The highest BCUT2D eigenvalue weighted by Crippen LogP contribution is 2.22. The van der Waals surface area contributed by atoms with E-state index < -0.39 is 0 Å². The molecule has 0 unspecified atom stereocenters. The van der Waals surface area contributed by atoms with Gasteiger partial charge in [-0.2, -0.15) is 0 Å². The Balaban J connectivity index is 1.63. The molecular weight excluding hydrogens is 280 g/mol. The molecule has 1 fully saturated rings. The van der Waals surface area contributed by atoms with Crippen molar-refractivity contribution in [2.24, 2.45) is 5.92 Å². The maximum absolute atomic E-state index is 12.3. The van der Waals surface area contributed by atoms with Crippen molar-refractivity contribution in [2.45, 2.75) is 13.3 Å². The lowest BCUT2D eigenvalue weighted by Gasteiger charge is -2.19. The zero-order valence-corrected chi connectivity index (χ0v) is 13.3. The van der Waals surface area contributed by atoms with Gasteiger partial charge in [0.1, 0.15) is 5.52 Å². The number of carbonyl (C=O) groups excluding carboxylic acids is 1. The van der Waals surface area contributed by atoms with Gasteiger partial charge in [0.2, 0.25) is 0 Å². The van der Waals surface area contributed by atoms with E-state index in [1.54, 1.807) is 0 Å². The Labute approximate surface area is 130 Å². The number of oxazole rings is 1. The fourth-order valence-electron chi connectivity index (χ4n) is 3.00. The predicted octanol–water partition coefficient (Wildman–Crippen LogP) is 2.55. The molecule has 3 rings (SSSR count). The Morgan fingerprint density at radius 2 is 2.32 bits per heavy atom. The number of likely N-dealkylation sites (tertiary alicyclic amines) is 1. The number of hydrogen-bond donors (Lipinski definition) is 1. The standard InChI is InChI=1S/C16H22N4O2/c1-11-17-14-5-4-13(8-15(14)22-11)18-16(21)20-7-6-12(10-20)9-19(2)3/h4-5,8,12H,6-7,9-10H2,1-3H3,(H,18,21)/t12-/m1/s1. The van der Waals surface area contributed by atoms with Crippen LogP contribution in [0.15, 0.2) is 22.6 Å². The van der Waals surface area contributed by atoms with Gasteiger partial charge in [0, 0.05) is 38.3 Å². The maximum atomic E-state index is 12.3. The fraction of sp³-hybridized carbons (Fsp3) is 0.500. The van der Waals surface area contributed by atoms with Crippen molar-refractivity contribution < 1.29 is 9.21 Å². The fourth-order valence-corrected chi connectivity index (χ4v) is 3.00. The zero-order chi connectivity index (χ0) is 15.7. The molecule has 1 aliphatic heterocycles. The maximum Gasteiger partial charge on any atom is 0.321 e. The SMILES string of the molecule is Cc1nc2ccc(NC(=O)N3CC[C@H](CN(C)C)C3)cc2o1. The summed E-state index contributed by atoms with van der Waals surface area (Å²) in [7, 11) is 4.13. The van der Waals surface area contributed by atoms with Crippen molar-refractivity contribution in [3.8, 4) is 0 Å². The van der Waals surface area contributed by atoms with E-state index in [2.05, 4.69) is 29.3 Å². The van der Waals surface area contributed by atoms with E-state index in [1.807, 2.05) is 30.0 Å². The van der Waals surface area contributed by atoms with Crippen molar-refractivity contribution in [3.05, 3.63) is 24.1 Å². The minimum absolute atomic E-state index is 0.0446. The van der Waals surface area contributed by atoms with Gasteiger partial charge >= 0.3 is 6.03 Å². The average molecular weight is 302 g/mol. The third-order valence-corrected chi connectivity index (χ3v) is 3.94. The van der Waals surface area contributed by atoms with Gasteiger partial charge in [-0.15, -0.1) is 0 Å². The number of hydrogen-bond acceptors (Lipinski definition) is 4. The topological polar surface area (TPSA) is 61.6 Å². The van der Waals surface area contributed by atoms with E-state index in [0.29, 0.717) is 17.4 Å². The Hall–Kier alpha value is -2.08. The molecule has 6 nitrogen and oxygen atoms in total. The van der Waals surface area contributed by atoms with Crippen LogP contribution < -0.4 is 5.32 Å². The van der Waals surface area contributed by atoms with E-state index >= 15 is 0 Å². The van der Waals surface area contributed by atoms with Gasteiger partial charge in [-0.1, -0.05) is 0 Å². The number of urea groups is 1. The van der Waals surface area contributed by atoms with Crippen molar-refractivity contribution in [1.29, 1.82) is 0 Å². The number of carbonyl (C=O) groups is 1.